The van der Waals surface area contributed by atoms with Crippen molar-refractivity contribution in [1.82, 2.24) is 15.0 Å². The Hall–Kier alpha value is -8.70. The molecule has 7 aromatic carbocycles. The molecule has 27 nitrogen and oxygen atoms in total. The van der Waals surface area contributed by atoms with Crippen LogP contribution in [0.3, 0.4) is 0 Å². The summed E-state index contributed by atoms with van der Waals surface area (Å²) in [5.41, 5.74) is 4.19. The lowest BCUT2D eigenvalue weighted by molar-refractivity contribution is -0.603. The monoisotopic (exact) mass is 1300 g/mol. The van der Waals surface area contributed by atoms with Crippen molar-refractivity contribution in [3.63, 3.8) is 0 Å². The van der Waals surface area contributed by atoms with Gasteiger partial charge in [-0.15, -0.1) is 39.0 Å². The van der Waals surface area contributed by atoms with Gasteiger partial charge in [0.05, 0.1) is 92.1 Å². The Balaban J connectivity index is 1.08. The number of primary sulfonamides is 2. The van der Waals surface area contributed by atoms with Crippen LogP contribution in [-0.2, 0) is 51.5 Å². The number of aromatic hydroxyl groups is 2. The van der Waals surface area contributed by atoms with Gasteiger partial charge < -0.3 is 25.6 Å². The van der Waals surface area contributed by atoms with Crippen molar-refractivity contribution in [2.24, 2.45) is 52.8 Å². The molecular formula is C59H63N16O11S4+. The number of phenolic OH excluding ortho intramolecular Hbond substituents is 2. The number of benzene rings is 7. The van der Waals surface area contributed by atoms with E-state index in [9.17, 15) is 27.0 Å². The number of nitrogens with zero attached hydrogens (tertiary/aromatic N) is 10. The molecule has 12 N–H and O–H groups in total. The van der Waals surface area contributed by atoms with Crippen molar-refractivity contribution in [3.8, 4) is 23.2 Å². The summed E-state index contributed by atoms with van der Waals surface area (Å²) in [5, 5.41) is 68.8. The average molecular weight is 1300 g/mol. The summed E-state index contributed by atoms with van der Waals surface area (Å²) >= 11 is 1.23. The molecular weight excluding hydrogens is 1240 g/mol. The summed E-state index contributed by atoms with van der Waals surface area (Å²) in [5.74, 6) is 9.70. The number of fused-ring (bicyclic) bond motifs is 2. The number of nitrogens with two attached hydrogens (primary N) is 4. The van der Waals surface area contributed by atoms with Gasteiger partial charge in [0.2, 0.25) is 20.0 Å². The molecule has 0 aliphatic carbocycles. The maximum atomic E-state index is 13.2. The van der Waals surface area contributed by atoms with Gasteiger partial charge in [0.1, 0.15) is 22.9 Å². The Morgan fingerprint density at radius 1 is 0.589 bits per heavy atom. The molecule has 2 heterocycles. The van der Waals surface area contributed by atoms with Gasteiger partial charge in [-0.3, -0.25) is 0 Å². The van der Waals surface area contributed by atoms with Gasteiger partial charge >= 0.3 is 17.8 Å². The van der Waals surface area contributed by atoms with Crippen LogP contribution in [0.25, 0.3) is 27.5 Å². The number of hydrogen-bond donors (Lipinski definition) is 8. The first kappa shape index (κ1) is 65.7. The van der Waals surface area contributed by atoms with Crippen molar-refractivity contribution in [2.75, 3.05) is 17.7 Å². The quantitative estimate of drug-likeness (QED) is 0.00517. The van der Waals surface area contributed by atoms with Crippen LogP contribution in [0.15, 0.2) is 184 Å². The molecule has 0 amide bonds. The van der Waals surface area contributed by atoms with E-state index in [0.29, 0.717) is 58.0 Å². The normalized spacial score (nSPS) is 12.1. The van der Waals surface area contributed by atoms with Crippen LogP contribution in [0.2, 0.25) is 0 Å². The van der Waals surface area contributed by atoms with Gasteiger partial charge in [-0.05, 0) is 149 Å². The summed E-state index contributed by atoms with van der Waals surface area (Å²) in [6, 6.07) is 33.0. The van der Waals surface area contributed by atoms with Crippen molar-refractivity contribution in [3.05, 3.63) is 145 Å². The number of anilines is 4. The van der Waals surface area contributed by atoms with Gasteiger partial charge in [0.15, 0.2) is 5.75 Å². The molecule has 90 heavy (non-hydrogen) atoms. The topological polar surface area (TPSA) is 400 Å². The number of sulfonamides is 2. The third kappa shape index (κ3) is 17.2. The van der Waals surface area contributed by atoms with Crippen LogP contribution in [0.1, 0.15) is 76.3 Å². The van der Waals surface area contributed by atoms with E-state index in [1.54, 1.807) is 65.5 Å². The molecule has 0 saturated carbocycles. The Morgan fingerprint density at radius 2 is 1.19 bits per heavy atom. The molecule has 0 saturated heterocycles. The fourth-order valence-corrected chi connectivity index (χ4v) is 11.5. The molecule has 0 aliphatic heterocycles. The fraction of sp³-hybridized carbons (Fsp3) is 0.220. The number of nitrogens with one attached hydrogen (secondary N) is 2. The molecule has 0 radical (unpaired) electrons. The third-order valence-corrected chi connectivity index (χ3v) is 16.7. The molecule has 0 aliphatic rings. The van der Waals surface area contributed by atoms with E-state index in [0.717, 1.165) is 50.3 Å². The minimum absolute atomic E-state index is 0.0182. The summed E-state index contributed by atoms with van der Waals surface area (Å²) < 4.78 is 68.4. The number of pyridine rings is 1. The van der Waals surface area contributed by atoms with Crippen molar-refractivity contribution in [1.29, 1.82) is 0 Å². The zero-order valence-corrected chi connectivity index (χ0v) is 52.0. The first-order chi connectivity index (χ1) is 43.4. The second-order valence-electron chi connectivity index (χ2n) is 20.1. The van der Waals surface area contributed by atoms with E-state index in [-0.39, 0.29) is 82.6 Å². The predicted molar refractivity (Wildman–Crippen MR) is 340 cm³/mol. The van der Waals surface area contributed by atoms with E-state index in [1.165, 1.54) is 68.3 Å². The molecule has 0 spiro atoms. The fourth-order valence-electron chi connectivity index (χ4n) is 9.38. The molecule has 9 aromatic rings. The lowest BCUT2D eigenvalue weighted by atomic mass is 10.0. The standard InChI is InChI=1S/C59H62N16O11S4/c1-4-6-8-11-15-36-17-19-41(20-18-36)69-70-42-23-21-40(22-24-42)64-57-66-58(68-59(67-57)75-25-13-10-14-26-75)65-48-33-44(89(62,78)79)29-39-31-52(88-86-84-61)55(56(77)54(39)48)74-72-47-30-37(16-12-9-7-5-2)46(35-51(47)82-3)71-73-49-32-43(87-85-83-60)27-38-28-45(90(63,80)81)34-50(76)53(38)49/h10,13-14,17-35H,4-9,11-12,15-16,60-61H2,1-3H3,(H7-,62,63,64,65,66,67,68,69,72,73,76,77,78,79,80,81)/p+1. The van der Waals surface area contributed by atoms with E-state index in [4.69, 9.17) is 35.5 Å². The highest BCUT2D eigenvalue weighted by atomic mass is 32.2. The third-order valence-electron chi connectivity index (χ3n) is 13.7. The summed E-state index contributed by atoms with van der Waals surface area (Å²) in [6.07, 6.45) is 13.2. The Labute approximate surface area is 526 Å². The van der Waals surface area contributed by atoms with Crippen LogP contribution in [-0.4, -0.2) is 49.1 Å². The zero-order valence-electron chi connectivity index (χ0n) is 48.8. The number of methoxy groups -OCH3 is 1. The van der Waals surface area contributed by atoms with Crippen molar-refractivity contribution in [2.45, 2.75) is 97.6 Å². The lowest BCUT2D eigenvalue weighted by Crippen LogP contribution is -2.32. The Kier molecular flexibility index (Phi) is 22.4. The number of ether oxygens (including phenoxy) is 1. The largest absolute Gasteiger partial charge is 0.507 e. The highest BCUT2D eigenvalue weighted by Crippen LogP contribution is 2.49. The van der Waals surface area contributed by atoms with Gasteiger partial charge in [-0.25, -0.2) is 31.7 Å². The van der Waals surface area contributed by atoms with Gasteiger partial charge in [0, 0.05) is 28.1 Å². The number of hydrogen-bond acceptors (Lipinski definition) is 26. The van der Waals surface area contributed by atoms with Crippen LogP contribution in [0.4, 0.5) is 57.4 Å². The maximum Gasteiger partial charge on any atom is 0.444 e. The SMILES string of the molecule is CCCCCCc1ccc(N=Nc2ccc(Nc3nc(Nc4cc(S(N)(=O)=O)cc5cc(SOON)c(N=Nc6cc(CCCCCC)c(N=Nc7cc(SOON)cc8cc(S(N)(=O)=O)cc(O)c78)cc6OC)c(O)c45)nc(-[n+]4ccccc4)n3)cc2)cc1. The highest BCUT2D eigenvalue weighted by Gasteiger charge is 2.25. The molecule has 2 aromatic heterocycles. The zero-order chi connectivity index (χ0) is 63.8. The number of phenols is 2. The summed E-state index contributed by atoms with van der Waals surface area (Å²) in [4.78, 5) is 22.4. The van der Waals surface area contributed by atoms with E-state index < -0.39 is 31.5 Å². The van der Waals surface area contributed by atoms with E-state index in [1.807, 2.05) is 18.2 Å². The first-order valence-electron chi connectivity index (χ1n) is 28.0. The van der Waals surface area contributed by atoms with Crippen molar-refractivity contribution >= 4 is 123 Å². The van der Waals surface area contributed by atoms with Crippen LogP contribution in [0, 0.1) is 0 Å². The second kappa shape index (κ2) is 30.7. The number of azo groups is 3. The molecule has 0 unspecified atom stereocenters. The van der Waals surface area contributed by atoms with Crippen LogP contribution in [0.5, 0.6) is 17.2 Å². The number of rotatable bonds is 30. The molecule has 31 heteroatoms. The lowest BCUT2D eigenvalue weighted by Gasteiger charge is -2.15. The van der Waals surface area contributed by atoms with Crippen molar-refractivity contribution < 1.29 is 55.0 Å². The Bertz CT molecular complexity index is 4350. The Morgan fingerprint density at radius 3 is 1.83 bits per heavy atom. The summed E-state index contributed by atoms with van der Waals surface area (Å²) in [6.45, 7) is 4.28. The summed E-state index contributed by atoms with van der Waals surface area (Å²) in [7, 11) is -7.25. The number of unbranched alkanes of at least 4 members (excludes halogenated alkanes) is 6. The van der Waals surface area contributed by atoms with Crippen LogP contribution < -0.4 is 42.0 Å². The molecule has 0 atom stereocenters. The minimum atomic E-state index is -4.42. The number of aromatic nitrogens is 4. The predicted octanol–water partition coefficient (Wildman–Crippen LogP) is 13.8. The second-order valence-corrected chi connectivity index (χ2v) is 24.8. The van der Waals surface area contributed by atoms with Gasteiger partial charge in [-0.2, -0.15) is 27.1 Å². The first-order valence-corrected chi connectivity index (χ1v) is 32.5. The maximum absolute atomic E-state index is 13.2. The minimum Gasteiger partial charge on any atom is -0.507 e. The number of aryl methyl sites for hydroxylation is 2. The molecule has 9 rings (SSSR count). The molecule has 0 bridgehead atoms. The molecule has 0 fully saturated rings. The highest BCUT2D eigenvalue weighted by molar-refractivity contribution is 7.95. The smallest absolute Gasteiger partial charge is 0.444 e. The van der Waals surface area contributed by atoms with E-state index >= 15 is 0 Å². The van der Waals surface area contributed by atoms with Gasteiger partial charge in [0.25, 0.3) is 0 Å². The van der Waals surface area contributed by atoms with Crippen LogP contribution >= 0.6 is 24.1 Å². The van der Waals surface area contributed by atoms with Gasteiger partial charge in [-0.1, -0.05) is 70.6 Å². The molecule has 468 valence electrons. The average Bonchev–Trinajstić information content (AvgIpc) is 0.803. The van der Waals surface area contributed by atoms with E-state index in [2.05, 4.69) is 92.2 Å².